The van der Waals surface area contributed by atoms with Crippen LogP contribution in [0, 0.1) is 0 Å². The highest BCUT2D eigenvalue weighted by Crippen LogP contribution is 2.29. The summed E-state index contributed by atoms with van der Waals surface area (Å²) in [5.41, 5.74) is 1.43. The second-order valence-corrected chi connectivity index (χ2v) is 4.35. The Morgan fingerprint density at radius 2 is 1.90 bits per heavy atom. The van der Waals surface area contributed by atoms with Crippen molar-refractivity contribution in [3.8, 4) is 22.7 Å². The molecule has 2 N–H and O–H groups in total. The first-order valence-electron chi connectivity index (χ1n) is 6.18. The highest BCUT2D eigenvalue weighted by atomic mass is 16.4. The minimum absolute atomic E-state index is 0.0164. The standard InChI is InChI=1S/C15H11N3O3/c19-13-6-2-1-5-12(13)18-14(10-4-3-7-16-8-10)11(9-17-18)15(20)21/h1-9,19H,(H,20,21). The van der Waals surface area contributed by atoms with Gasteiger partial charge in [-0.3, -0.25) is 4.98 Å². The molecule has 0 amide bonds. The van der Waals surface area contributed by atoms with Crippen molar-refractivity contribution in [1.29, 1.82) is 0 Å². The van der Waals surface area contributed by atoms with E-state index in [9.17, 15) is 15.0 Å². The van der Waals surface area contributed by atoms with Crippen LogP contribution in [0.25, 0.3) is 16.9 Å². The fourth-order valence-electron chi connectivity index (χ4n) is 2.11. The molecule has 0 radical (unpaired) electrons. The molecule has 0 aliphatic heterocycles. The summed E-state index contributed by atoms with van der Waals surface area (Å²) in [6.45, 7) is 0. The summed E-state index contributed by atoms with van der Waals surface area (Å²) >= 11 is 0. The Morgan fingerprint density at radius 1 is 1.10 bits per heavy atom. The van der Waals surface area contributed by atoms with Crippen LogP contribution in [0.2, 0.25) is 0 Å². The van der Waals surface area contributed by atoms with E-state index in [0.29, 0.717) is 16.9 Å². The van der Waals surface area contributed by atoms with Crippen molar-refractivity contribution in [2.75, 3.05) is 0 Å². The van der Waals surface area contributed by atoms with Gasteiger partial charge < -0.3 is 10.2 Å². The molecule has 0 spiro atoms. The van der Waals surface area contributed by atoms with Crippen LogP contribution in [-0.2, 0) is 0 Å². The van der Waals surface area contributed by atoms with Crippen molar-refractivity contribution in [3.05, 3.63) is 60.6 Å². The lowest BCUT2D eigenvalue weighted by atomic mass is 10.1. The van der Waals surface area contributed by atoms with Crippen molar-refractivity contribution in [1.82, 2.24) is 14.8 Å². The molecule has 104 valence electrons. The summed E-state index contributed by atoms with van der Waals surface area (Å²) in [6, 6.07) is 10.1. The van der Waals surface area contributed by atoms with Gasteiger partial charge in [0.05, 0.1) is 11.9 Å². The number of hydrogen-bond donors (Lipinski definition) is 2. The number of nitrogens with zero attached hydrogens (tertiary/aromatic N) is 3. The molecule has 2 aromatic heterocycles. The number of carbonyl (C=O) groups is 1. The summed E-state index contributed by atoms with van der Waals surface area (Å²) in [7, 11) is 0. The van der Waals surface area contributed by atoms with Gasteiger partial charge in [-0.15, -0.1) is 0 Å². The van der Waals surface area contributed by atoms with Crippen molar-refractivity contribution in [2.24, 2.45) is 0 Å². The fraction of sp³-hybridized carbons (Fsp3) is 0. The van der Waals surface area contributed by atoms with Gasteiger partial charge in [0.2, 0.25) is 0 Å². The Balaban J connectivity index is 2.28. The van der Waals surface area contributed by atoms with Gasteiger partial charge >= 0.3 is 5.97 Å². The minimum Gasteiger partial charge on any atom is -0.506 e. The molecule has 0 atom stereocenters. The van der Waals surface area contributed by atoms with Crippen molar-refractivity contribution >= 4 is 5.97 Å². The number of benzene rings is 1. The number of phenolic OH excluding ortho intramolecular Hbond substituents is 1. The molecule has 0 unspecified atom stereocenters. The van der Waals surface area contributed by atoms with Crippen LogP contribution >= 0.6 is 0 Å². The number of phenols is 1. The predicted molar refractivity (Wildman–Crippen MR) is 75.4 cm³/mol. The number of carboxylic acid groups (broad SMARTS) is 1. The fourth-order valence-corrected chi connectivity index (χ4v) is 2.11. The van der Waals surface area contributed by atoms with E-state index in [4.69, 9.17) is 0 Å². The molecule has 3 rings (SSSR count). The first kappa shape index (κ1) is 12.9. The van der Waals surface area contributed by atoms with E-state index in [2.05, 4.69) is 10.1 Å². The SMILES string of the molecule is O=C(O)c1cnn(-c2ccccc2O)c1-c1cccnc1. The van der Waals surface area contributed by atoms with Crippen LogP contribution in [0.4, 0.5) is 0 Å². The molecule has 0 saturated heterocycles. The van der Waals surface area contributed by atoms with Crippen LogP contribution in [0.15, 0.2) is 55.0 Å². The van der Waals surface area contributed by atoms with Crippen LogP contribution in [0.3, 0.4) is 0 Å². The van der Waals surface area contributed by atoms with Gasteiger partial charge in [-0.25, -0.2) is 9.48 Å². The van der Waals surface area contributed by atoms with Crippen molar-refractivity contribution in [3.63, 3.8) is 0 Å². The van der Waals surface area contributed by atoms with Crippen LogP contribution in [0.1, 0.15) is 10.4 Å². The van der Waals surface area contributed by atoms with E-state index in [1.807, 2.05) is 0 Å². The third-order valence-corrected chi connectivity index (χ3v) is 3.04. The molecule has 0 saturated carbocycles. The van der Waals surface area contributed by atoms with E-state index < -0.39 is 5.97 Å². The number of aromatic nitrogens is 3. The lowest BCUT2D eigenvalue weighted by Gasteiger charge is -2.09. The monoisotopic (exact) mass is 281 g/mol. The molecular formula is C15H11N3O3. The Bertz CT molecular complexity index is 797. The minimum atomic E-state index is -1.09. The molecule has 6 nitrogen and oxygen atoms in total. The van der Waals surface area contributed by atoms with Crippen LogP contribution in [-0.4, -0.2) is 30.9 Å². The second kappa shape index (κ2) is 5.09. The number of aromatic carboxylic acids is 1. The molecule has 1 aromatic carbocycles. The third-order valence-electron chi connectivity index (χ3n) is 3.04. The smallest absolute Gasteiger partial charge is 0.339 e. The van der Waals surface area contributed by atoms with Gasteiger partial charge in [0.25, 0.3) is 0 Å². The summed E-state index contributed by atoms with van der Waals surface area (Å²) < 4.78 is 1.40. The topological polar surface area (TPSA) is 88.2 Å². The quantitative estimate of drug-likeness (QED) is 0.769. The van der Waals surface area contributed by atoms with E-state index >= 15 is 0 Å². The Hall–Kier alpha value is -3.15. The zero-order valence-corrected chi connectivity index (χ0v) is 10.8. The predicted octanol–water partition coefficient (Wildman–Crippen LogP) is 2.34. The van der Waals surface area contributed by atoms with E-state index in [1.165, 1.54) is 16.9 Å². The lowest BCUT2D eigenvalue weighted by molar-refractivity contribution is 0.0697. The number of para-hydroxylation sites is 2. The molecule has 21 heavy (non-hydrogen) atoms. The molecule has 3 aromatic rings. The number of aromatic hydroxyl groups is 1. The largest absolute Gasteiger partial charge is 0.506 e. The molecule has 0 aliphatic rings. The Kier molecular flexibility index (Phi) is 3.12. The maximum Gasteiger partial charge on any atom is 0.339 e. The van der Waals surface area contributed by atoms with Gasteiger partial charge in [0.15, 0.2) is 0 Å². The molecule has 6 heteroatoms. The maximum absolute atomic E-state index is 11.4. The Morgan fingerprint density at radius 3 is 2.57 bits per heavy atom. The molecule has 2 heterocycles. The summed E-state index contributed by atoms with van der Waals surface area (Å²) in [6.07, 6.45) is 4.42. The van der Waals surface area contributed by atoms with E-state index in [1.54, 1.807) is 42.7 Å². The first-order chi connectivity index (χ1) is 10.2. The van der Waals surface area contributed by atoms with Gasteiger partial charge in [0, 0.05) is 18.0 Å². The molecular weight excluding hydrogens is 270 g/mol. The zero-order valence-electron chi connectivity index (χ0n) is 10.8. The molecule has 0 fully saturated rings. The van der Waals surface area contributed by atoms with Crippen molar-refractivity contribution < 1.29 is 15.0 Å². The summed E-state index contributed by atoms with van der Waals surface area (Å²) in [5, 5.41) is 23.4. The van der Waals surface area contributed by atoms with Gasteiger partial charge in [-0.1, -0.05) is 12.1 Å². The number of pyridine rings is 1. The van der Waals surface area contributed by atoms with Crippen LogP contribution in [0.5, 0.6) is 5.75 Å². The average molecular weight is 281 g/mol. The summed E-state index contributed by atoms with van der Waals surface area (Å²) in [5.74, 6) is -1.07. The molecule has 0 aliphatic carbocycles. The first-order valence-corrected chi connectivity index (χ1v) is 6.18. The highest BCUT2D eigenvalue weighted by molar-refractivity contribution is 5.95. The Labute approximate surface area is 119 Å². The normalized spacial score (nSPS) is 10.5. The maximum atomic E-state index is 11.4. The second-order valence-electron chi connectivity index (χ2n) is 4.35. The van der Waals surface area contributed by atoms with Crippen LogP contribution < -0.4 is 0 Å². The number of hydrogen-bond acceptors (Lipinski definition) is 4. The van der Waals surface area contributed by atoms with Gasteiger partial charge in [-0.05, 0) is 24.3 Å². The van der Waals surface area contributed by atoms with Gasteiger partial charge in [0.1, 0.15) is 17.0 Å². The average Bonchev–Trinajstić information content (AvgIpc) is 2.93. The third kappa shape index (κ3) is 2.23. The number of carboxylic acids is 1. The van der Waals surface area contributed by atoms with E-state index in [-0.39, 0.29) is 11.3 Å². The highest BCUT2D eigenvalue weighted by Gasteiger charge is 2.20. The zero-order chi connectivity index (χ0) is 14.8. The van der Waals surface area contributed by atoms with E-state index in [0.717, 1.165) is 0 Å². The molecule has 0 bridgehead atoms. The number of rotatable bonds is 3. The summed E-state index contributed by atoms with van der Waals surface area (Å²) in [4.78, 5) is 15.4. The van der Waals surface area contributed by atoms with Crippen molar-refractivity contribution in [2.45, 2.75) is 0 Å². The lowest BCUT2D eigenvalue weighted by Crippen LogP contribution is -2.03. The van der Waals surface area contributed by atoms with Gasteiger partial charge in [-0.2, -0.15) is 5.10 Å².